The highest BCUT2D eigenvalue weighted by atomic mass is 16.4. The largest absolute Gasteiger partial charge is 0.480 e. The molecule has 1 aliphatic rings. The van der Waals surface area contributed by atoms with Crippen molar-refractivity contribution in [3.05, 3.63) is 0 Å². The predicted octanol–water partition coefficient (Wildman–Crippen LogP) is -2.94. The van der Waals surface area contributed by atoms with Gasteiger partial charge in [-0.2, -0.15) is 0 Å². The summed E-state index contributed by atoms with van der Waals surface area (Å²) in [7, 11) is 0. The maximum absolute atomic E-state index is 12.7. The number of nitrogens with one attached hydrogen (secondary N) is 5. The van der Waals surface area contributed by atoms with E-state index >= 15 is 0 Å². The van der Waals surface area contributed by atoms with E-state index in [1.54, 1.807) is 13.8 Å². The molecule has 0 radical (unpaired) electrons. The maximum atomic E-state index is 12.7. The van der Waals surface area contributed by atoms with Crippen LogP contribution in [0.3, 0.4) is 0 Å². The first-order chi connectivity index (χ1) is 13.9. The van der Waals surface area contributed by atoms with Crippen LogP contribution < -0.4 is 26.6 Å². The molecule has 4 amide bonds. The van der Waals surface area contributed by atoms with Crippen molar-refractivity contribution in [2.75, 3.05) is 6.61 Å². The van der Waals surface area contributed by atoms with Crippen molar-refractivity contribution < 1.29 is 34.2 Å². The Labute approximate surface area is 174 Å². The molecule has 0 bridgehead atoms. The molecule has 1 aliphatic heterocycles. The van der Waals surface area contributed by atoms with Gasteiger partial charge in [0.2, 0.25) is 23.6 Å². The van der Waals surface area contributed by atoms with Crippen LogP contribution in [0.1, 0.15) is 34.6 Å². The van der Waals surface area contributed by atoms with Crippen molar-refractivity contribution >= 4 is 29.6 Å². The van der Waals surface area contributed by atoms with Gasteiger partial charge in [0.25, 0.3) is 0 Å². The number of hydrogen-bond acceptors (Lipinski definition) is 7. The fourth-order valence-electron chi connectivity index (χ4n) is 2.87. The van der Waals surface area contributed by atoms with Gasteiger partial charge in [0.05, 0.1) is 6.61 Å². The van der Waals surface area contributed by atoms with Gasteiger partial charge < -0.3 is 31.5 Å². The zero-order chi connectivity index (χ0) is 23.2. The van der Waals surface area contributed by atoms with Crippen molar-refractivity contribution in [3.8, 4) is 0 Å². The number of aliphatic carboxylic acids is 1. The molecule has 2 unspecified atom stereocenters. The van der Waals surface area contributed by atoms with E-state index in [2.05, 4.69) is 26.6 Å². The molecule has 12 heteroatoms. The number of amides is 4. The molecule has 12 nitrogen and oxygen atoms in total. The Kier molecular flexibility index (Phi) is 9.18. The molecule has 1 fully saturated rings. The quantitative estimate of drug-likeness (QED) is 0.248. The predicted molar refractivity (Wildman–Crippen MR) is 105 cm³/mol. The van der Waals surface area contributed by atoms with Crippen molar-refractivity contribution in [2.24, 2.45) is 5.92 Å². The minimum Gasteiger partial charge on any atom is -0.480 e. The molecular formula is C18H31N5O7. The highest BCUT2D eigenvalue weighted by Crippen LogP contribution is 2.06. The van der Waals surface area contributed by atoms with Crippen LogP contribution in [0.4, 0.5) is 0 Å². The zero-order valence-electron chi connectivity index (χ0n) is 17.7. The minimum absolute atomic E-state index is 0.377. The summed E-state index contributed by atoms with van der Waals surface area (Å²) in [6, 6.07) is -6.74. The number of hydrogen-bond donors (Lipinski definition) is 7. The lowest BCUT2D eigenvalue weighted by atomic mass is 10.0. The highest BCUT2D eigenvalue weighted by molar-refractivity contribution is 5.95. The third-order valence-electron chi connectivity index (χ3n) is 4.78. The second-order valence-electron chi connectivity index (χ2n) is 7.71. The lowest BCUT2D eigenvalue weighted by Gasteiger charge is -2.29. The van der Waals surface area contributed by atoms with Gasteiger partial charge in [0.1, 0.15) is 30.2 Å². The van der Waals surface area contributed by atoms with Gasteiger partial charge in [-0.25, -0.2) is 4.79 Å². The second-order valence-corrected chi connectivity index (χ2v) is 7.71. The summed E-state index contributed by atoms with van der Waals surface area (Å²) in [4.78, 5) is 61.5. The Morgan fingerprint density at radius 2 is 1.37 bits per heavy atom. The fraction of sp³-hybridized carbons (Fsp3) is 0.722. The molecule has 1 heterocycles. The van der Waals surface area contributed by atoms with Crippen molar-refractivity contribution in [3.63, 3.8) is 0 Å². The molecule has 170 valence electrons. The fourth-order valence-corrected chi connectivity index (χ4v) is 2.87. The van der Waals surface area contributed by atoms with Crippen LogP contribution in [-0.2, 0) is 24.0 Å². The topological polar surface area (TPSA) is 186 Å². The summed E-state index contributed by atoms with van der Waals surface area (Å²) in [5.41, 5.74) is 0. The number of carbonyl (C=O) groups is 5. The molecule has 30 heavy (non-hydrogen) atoms. The molecule has 0 spiro atoms. The van der Waals surface area contributed by atoms with Crippen molar-refractivity contribution in [1.82, 2.24) is 26.6 Å². The SMILES string of the molecule is CC(C)[C@@H]1NC(=O)[C@H](C)NC(=O)[C@H](C)NC(=O)C(CO)NC(C)[C@H](C(=O)O)NC1=O. The van der Waals surface area contributed by atoms with Crippen LogP contribution in [0, 0.1) is 5.92 Å². The van der Waals surface area contributed by atoms with E-state index in [1.807, 2.05) is 0 Å². The first-order valence-corrected chi connectivity index (χ1v) is 9.70. The van der Waals surface area contributed by atoms with Crippen molar-refractivity contribution in [2.45, 2.75) is 70.9 Å². The molecule has 6 atom stereocenters. The van der Waals surface area contributed by atoms with Crippen LogP contribution in [0.2, 0.25) is 0 Å². The standard InChI is InChI=1S/C18H31N5O7/c1-7(2)12-17(28)23-13(18(29)30)8(3)19-11(6-24)16(27)21-9(4)14(25)20-10(5)15(26)22-12/h7-13,19,24H,6H2,1-5H3,(H,20,25)(H,21,27)(H,22,26)(H,23,28)(H,29,30)/t8?,9-,10-,11?,12-,13+/m0/s1. The zero-order valence-corrected chi connectivity index (χ0v) is 17.7. The normalized spacial score (nSPS) is 32.2. The molecule has 0 aliphatic carbocycles. The number of carboxylic acid groups (broad SMARTS) is 1. The summed E-state index contributed by atoms with van der Waals surface area (Å²) in [5.74, 6) is -4.49. The Morgan fingerprint density at radius 3 is 1.83 bits per heavy atom. The molecule has 0 aromatic carbocycles. The van der Waals surface area contributed by atoms with Gasteiger partial charge in [0, 0.05) is 6.04 Å². The monoisotopic (exact) mass is 429 g/mol. The Bertz CT molecular complexity index is 684. The number of aliphatic hydroxyl groups is 1. The third kappa shape index (κ3) is 6.66. The van der Waals surface area contributed by atoms with Crippen LogP contribution in [0.25, 0.3) is 0 Å². The molecule has 1 saturated heterocycles. The highest BCUT2D eigenvalue weighted by Gasteiger charge is 2.35. The van der Waals surface area contributed by atoms with E-state index in [0.717, 1.165) is 0 Å². The minimum atomic E-state index is -1.45. The lowest BCUT2D eigenvalue weighted by Crippen LogP contribution is -2.62. The maximum Gasteiger partial charge on any atom is 0.327 e. The Hall–Kier alpha value is -2.73. The smallest absolute Gasteiger partial charge is 0.327 e. The summed E-state index contributed by atoms with van der Waals surface area (Å²) >= 11 is 0. The number of aliphatic hydroxyl groups excluding tert-OH is 1. The third-order valence-corrected chi connectivity index (χ3v) is 4.78. The molecule has 0 aromatic heterocycles. The molecule has 0 aromatic rings. The van der Waals surface area contributed by atoms with Crippen LogP contribution in [-0.4, -0.2) is 82.7 Å². The van der Waals surface area contributed by atoms with E-state index in [4.69, 9.17) is 0 Å². The molecular weight excluding hydrogens is 398 g/mol. The summed E-state index contributed by atoms with van der Waals surface area (Å²) in [5, 5.41) is 31.4. The van der Waals surface area contributed by atoms with E-state index in [0.29, 0.717) is 0 Å². The van der Waals surface area contributed by atoms with Gasteiger partial charge in [-0.05, 0) is 26.7 Å². The number of carbonyl (C=O) groups excluding carboxylic acids is 4. The first-order valence-electron chi connectivity index (χ1n) is 9.70. The van der Waals surface area contributed by atoms with Gasteiger partial charge >= 0.3 is 5.97 Å². The van der Waals surface area contributed by atoms with Gasteiger partial charge in [-0.15, -0.1) is 0 Å². The van der Waals surface area contributed by atoms with Crippen molar-refractivity contribution in [1.29, 1.82) is 0 Å². The van der Waals surface area contributed by atoms with Gasteiger partial charge in [0.15, 0.2) is 0 Å². The van der Waals surface area contributed by atoms with Crippen LogP contribution in [0.5, 0.6) is 0 Å². The lowest BCUT2D eigenvalue weighted by molar-refractivity contribution is -0.143. The summed E-state index contributed by atoms with van der Waals surface area (Å²) in [6.45, 7) is 6.91. The first kappa shape index (κ1) is 25.3. The summed E-state index contributed by atoms with van der Waals surface area (Å²) in [6.07, 6.45) is 0. The summed E-state index contributed by atoms with van der Waals surface area (Å²) < 4.78 is 0. The van der Waals surface area contributed by atoms with Gasteiger partial charge in [-0.1, -0.05) is 13.8 Å². The van der Waals surface area contributed by atoms with E-state index in [9.17, 15) is 34.2 Å². The average Bonchev–Trinajstić information content (AvgIpc) is 2.66. The van der Waals surface area contributed by atoms with E-state index in [1.165, 1.54) is 20.8 Å². The molecule has 1 rings (SSSR count). The van der Waals surface area contributed by atoms with Gasteiger partial charge in [-0.3, -0.25) is 24.5 Å². The average molecular weight is 429 g/mol. The molecule has 0 saturated carbocycles. The number of rotatable bonds is 3. The number of carboxylic acids is 1. The Morgan fingerprint density at radius 1 is 0.867 bits per heavy atom. The second kappa shape index (κ2) is 10.9. The Balaban J connectivity index is 3.29. The molecule has 7 N–H and O–H groups in total. The van der Waals surface area contributed by atoms with Crippen LogP contribution in [0.15, 0.2) is 0 Å². The van der Waals surface area contributed by atoms with Crippen LogP contribution >= 0.6 is 0 Å². The van der Waals surface area contributed by atoms with E-state index in [-0.39, 0.29) is 5.92 Å². The van der Waals surface area contributed by atoms with E-state index < -0.39 is 72.5 Å².